The van der Waals surface area contributed by atoms with Crippen LogP contribution >= 0.6 is 11.6 Å². The van der Waals surface area contributed by atoms with E-state index in [1.807, 2.05) is 25.2 Å². The van der Waals surface area contributed by atoms with Gasteiger partial charge in [-0.1, -0.05) is 35.9 Å². The van der Waals surface area contributed by atoms with Crippen molar-refractivity contribution in [2.75, 3.05) is 41.5 Å². The highest BCUT2D eigenvalue weighted by molar-refractivity contribution is 6.30. The van der Waals surface area contributed by atoms with Gasteiger partial charge in [-0.2, -0.15) is 0 Å². The van der Waals surface area contributed by atoms with Gasteiger partial charge in [0.15, 0.2) is 0 Å². The van der Waals surface area contributed by atoms with E-state index in [2.05, 4.69) is 10.2 Å². The summed E-state index contributed by atoms with van der Waals surface area (Å²) < 4.78 is 31.8. The summed E-state index contributed by atoms with van der Waals surface area (Å²) in [5, 5.41) is 17.0. The molecule has 1 amide bonds. The molecule has 224 valence electrons. The molecule has 2 N–H and O–H groups in total. The van der Waals surface area contributed by atoms with Crippen molar-refractivity contribution in [2.24, 2.45) is 5.92 Å². The van der Waals surface area contributed by atoms with Crippen molar-refractivity contribution in [1.82, 2.24) is 10.2 Å². The van der Waals surface area contributed by atoms with Crippen molar-refractivity contribution in [3.63, 3.8) is 0 Å². The molecule has 4 atom stereocenters. The predicted molar refractivity (Wildman–Crippen MR) is 160 cm³/mol. The van der Waals surface area contributed by atoms with Crippen LogP contribution in [-0.2, 0) is 10.4 Å². The lowest BCUT2D eigenvalue weighted by Crippen LogP contribution is -2.52. The van der Waals surface area contributed by atoms with Crippen molar-refractivity contribution in [3.8, 4) is 17.2 Å². The van der Waals surface area contributed by atoms with Crippen LogP contribution in [0, 0.1) is 11.7 Å². The van der Waals surface area contributed by atoms with E-state index in [1.54, 1.807) is 37.4 Å². The number of benzene rings is 3. The van der Waals surface area contributed by atoms with E-state index in [9.17, 15) is 14.3 Å². The SMILES string of the molecule is COc1cc(OC)c([C@]2(O)[C@@H](NC(=O)C3CCN(C)CC3)C[C@@H](c3cccc(F)c3)[C@H]2c2ccc(Cl)cc2)c(OC)c1. The number of rotatable bonds is 8. The molecule has 2 fully saturated rings. The molecule has 0 spiro atoms. The number of nitrogens with zero attached hydrogens (tertiary/aromatic N) is 1. The van der Waals surface area contributed by atoms with E-state index >= 15 is 0 Å². The van der Waals surface area contributed by atoms with Crippen LogP contribution in [0.5, 0.6) is 17.2 Å². The van der Waals surface area contributed by atoms with Crippen molar-refractivity contribution in [1.29, 1.82) is 0 Å². The molecule has 1 saturated heterocycles. The Labute approximate surface area is 251 Å². The second-order valence-electron chi connectivity index (χ2n) is 11.3. The van der Waals surface area contributed by atoms with E-state index in [4.69, 9.17) is 25.8 Å². The molecule has 5 rings (SSSR count). The van der Waals surface area contributed by atoms with Gasteiger partial charge in [0.25, 0.3) is 0 Å². The molecular formula is C33H38ClFN2O5. The Kier molecular flexibility index (Phi) is 8.97. The molecule has 1 aliphatic carbocycles. The fourth-order valence-corrected chi connectivity index (χ4v) is 6.90. The van der Waals surface area contributed by atoms with Gasteiger partial charge in [-0.15, -0.1) is 0 Å². The lowest BCUT2D eigenvalue weighted by molar-refractivity contribution is -0.129. The second kappa shape index (κ2) is 12.5. The molecule has 1 aliphatic heterocycles. The number of ether oxygens (including phenoxy) is 3. The summed E-state index contributed by atoms with van der Waals surface area (Å²) in [6.45, 7) is 1.65. The number of piperidine rings is 1. The van der Waals surface area contributed by atoms with E-state index < -0.39 is 17.6 Å². The number of nitrogens with one attached hydrogen (secondary N) is 1. The highest BCUT2D eigenvalue weighted by atomic mass is 35.5. The molecule has 0 aromatic heterocycles. The van der Waals surface area contributed by atoms with Gasteiger partial charge < -0.3 is 29.5 Å². The standard InChI is InChI=1S/C33H38ClFN2O5/c1-37-14-12-21(13-15-37)32(38)36-29-19-26(22-6-5-7-24(35)16-22)30(20-8-10-23(34)11-9-20)33(29,39)31-27(41-3)17-25(40-2)18-28(31)42-4/h5-11,16-18,21,26,29-30,39H,12-15,19H2,1-4H3,(H,36,38)/t26-,29-,30+,33-/m0/s1. The third-order valence-electron chi connectivity index (χ3n) is 8.92. The molecule has 7 nitrogen and oxygen atoms in total. The van der Waals surface area contributed by atoms with Gasteiger partial charge in [0.1, 0.15) is 28.7 Å². The maximum absolute atomic E-state index is 14.6. The van der Waals surface area contributed by atoms with Crippen molar-refractivity contribution < 1.29 is 28.5 Å². The lowest BCUT2D eigenvalue weighted by Gasteiger charge is -2.40. The van der Waals surface area contributed by atoms with Gasteiger partial charge in [0.2, 0.25) is 5.91 Å². The largest absolute Gasteiger partial charge is 0.496 e. The van der Waals surface area contributed by atoms with Crippen LogP contribution in [-0.4, -0.2) is 63.4 Å². The van der Waals surface area contributed by atoms with E-state index in [-0.39, 0.29) is 23.6 Å². The Hall–Kier alpha value is -3.33. The summed E-state index contributed by atoms with van der Waals surface area (Å²) in [7, 11) is 6.62. The molecule has 9 heteroatoms. The van der Waals surface area contributed by atoms with Crippen molar-refractivity contribution in [3.05, 3.63) is 88.2 Å². The van der Waals surface area contributed by atoms with Crippen LogP contribution in [0.25, 0.3) is 0 Å². The Morgan fingerprint density at radius 1 is 0.976 bits per heavy atom. The number of likely N-dealkylation sites (tertiary alicyclic amines) is 1. The van der Waals surface area contributed by atoms with Gasteiger partial charge >= 0.3 is 0 Å². The molecule has 2 aliphatic rings. The normalized spacial score (nSPS) is 24.8. The van der Waals surface area contributed by atoms with Gasteiger partial charge in [-0.3, -0.25) is 4.79 Å². The fraction of sp³-hybridized carbons (Fsp3) is 0.424. The Bertz CT molecular complexity index is 1390. The Balaban J connectivity index is 1.71. The van der Waals surface area contributed by atoms with Gasteiger partial charge in [0.05, 0.1) is 32.9 Å². The number of carbonyl (C=O) groups is 1. The summed E-state index contributed by atoms with van der Waals surface area (Å²) in [6.07, 6.45) is 1.82. The third kappa shape index (κ3) is 5.68. The molecule has 0 unspecified atom stereocenters. The van der Waals surface area contributed by atoms with Crippen LogP contribution < -0.4 is 19.5 Å². The minimum absolute atomic E-state index is 0.104. The van der Waals surface area contributed by atoms with Crippen LogP contribution in [0.15, 0.2) is 60.7 Å². The maximum Gasteiger partial charge on any atom is 0.223 e. The first-order valence-corrected chi connectivity index (χ1v) is 14.6. The zero-order valence-corrected chi connectivity index (χ0v) is 25.2. The average molecular weight is 597 g/mol. The molecule has 3 aromatic rings. The molecule has 0 radical (unpaired) electrons. The first-order valence-electron chi connectivity index (χ1n) is 14.2. The zero-order valence-electron chi connectivity index (χ0n) is 24.4. The summed E-state index contributed by atoms with van der Waals surface area (Å²) in [5.74, 6) is -0.450. The van der Waals surface area contributed by atoms with Crippen LogP contribution in [0.3, 0.4) is 0 Å². The average Bonchev–Trinajstić information content (AvgIpc) is 3.29. The smallest absolute Gasteiger partial charge is 0.223 e. The Morgan fingerprint density at radius 2 is 1.62 bits per heavy atom. The van der Waals surface area contributed by atoms with Crippen LogP contribution in [0.1, 0.15) is 47.8 Å². The molecule has 3 aromatic carbocycles. The number of methoxy groups -OCH3 is 3. The summed E-state index contributed by atoms with van der Waals surface area (Å²) in [4.78, 5) is 16.0. The van der Waals surface area contributed by atoms with Gasteiger partial charge in [0, 0.05) is 29.0 Å². The van der Waals surface area contributed by atoms with Crippen molar-refractivity contribution in [2.45, 2.75) is 42.7 Å². The first-order chi connectivity index (χ1) is 20.2. The maximum atomic E-state index is 14.6. The first kappa shape index (κ1) is 30.1. The lowest BCUT2D eigenvalue weighted by atomic mass is 9.73. The number of carbonyl (C=O) groups excluding carboxylic acids is 1. The van der Waals surface area contributed by atoms with Gasteiger partial charge in [-0.05, 0) is 80.7 Å². The molecule has 1 heterocycles. The van der Waals surface area contributed by atoms with E-state index in [0.717, 1.165) is 37.1 Å². The van der Waals surface area contributed by atoms with Crippen LogP contribution in [0.4, 0.5) is 4.39 Å². The number of amides is 1. The molecule has 1 saturated carbocycles. The quantitative estimate of drug-likeness (QED) is 0.358. The summed E-state index contributed by atoms with van der Waals surface area (Å²) in [6, 6.07) is 16.3. The van der Waals surface area contributed by atoms with Crippen molar-refractivity contribution >= 4 is 17.5 Å². The Morgan fingerprint density at radius 3 is 2.19 bits per heavy atom. The highest BCUT2D eigenvalue weighted by Crippen LogP contribution is 2.60. The number of aliphatic hydroxyl groups is 1. The molecular weight excluding hydrogens is 559 g/mol. The third-order valence-corrected chi connectivity index (χ3v) is 9.18. The summed E-state index contributed by atoms with van der Waals surface area (Å²) in [5.41, 5.74) is 0.165. The number of hydrogen-bond donors (Lipinski definition) is 2. The van der Waals surface area contributed by atoms with Gasteiger partial charge in [-0.25, -0.2) is 4.39 Å². The second-order valence-corrected chi connectivity index (χ2v) is 11.7. The highest BCUT2D eigenvalue weighted by Gasteiger charge is 2.59. The number of halogens is 2. The predicted octanol–water partition coefficient (Wildman–Crippen LogP) is 5.49. The van der Waals surface area contributed by atoms with Crippen LogP contribution in [0.2, 0.25) is 5.02 Å². The zero-order chi connectivity index (χ0) is 30.0. The molecule has 42 heavy (non-hydrogen) atoms. The van der Waals surface area contributed by atoms with E-state index in [1.165, 1.54) is 26.4 Å². The molecule has 0 bridgehead atoms. The minimum Gasteiger partial charge on any atom is -0.496 e. The topological polar surface area (TPSA) is 80.3 Å². The fourth-order valence-electron chi connectivity index (χ4n) is 6.77. The van der Waals surface area contributed by atoms with E-state index in [0.29, 0.717) is 34.3 Å². The summed E-state index contributed by atoms with van der Waals surface area (Å²) >= 11 is 6.28. The monoisotopic (exact) mass is 596 g/mol. The minimum atomic E-state index is -1.73. The number of hydrogen-bond acceptors (Lipinski definition) is 6.